The fraction of sp³-hybridized carbons (Fsp3) is 0.200. The van der Waals surface area contributed by atoms with Crippen molar-refractivity contribution in [2.45, 2.75) is 19.3 Å². The van der Waals surface area contributed by atoms with E-state index in [-0.39, 0.29) is 0 Å². The molecule has 0 fully saturated rings. The van der Waals surface area contributed by atoms with Crippen molar-refractivity contribution < 1.29 is 0 Å². The standard InChI is InChI=1S/C15H15N3/c1-11-14(12-7-9-16-10-8-12)15(18-17-11)13-5-3-2-4-6-13/h2-7,9-10,12H,8H2,1H3,(H,17,18). The minimum absolute atomic E-state index is 0.372. The topological polar surface area (TPSA) is 41.0 Å². The second-order valence-corrected chi connectivity index (χ2v) is 4.49. The quantitative estimate of drug-likeness (QED) is 0.853. The van der Waals surface area contributed by atoms with Crippen molar-refractivity contribution in [3.8, 4) is 11.3 Å². The molecular formula is C15H15N3. The largest absolute Gasteiger partial charge is 0.282 e. The highest BCUT2D eigenvalue weighted by Crippen LogP contribution is 2.33. The average Bonchev–Trinajstić information content (AvgIpc) is 2.83. The van der Waals surface area contributed by atoms with E-state index in [0.29, 0.717) is 5.92 Å². The molecule has 1 N–H and O–H groups in total. The van der Waals surface area contributed by atoms with Crippen molar-refractivity contribution in [1.82, 2.24) is 10.2 Å². The predicted molar refractivity (Wildman–Crippen MR) is 73.8 cm³/mol. The van der Waals surface area contributed by atoms with E-state index in [2.05, 4.69) is 40.3 Å². The maximum atomic E-state index is 4.46. The first-order valence-electron chi connectivity index (χ1n) is 6.15. The van der Waals surface area contributed by atoms with Crippen molar-refractivity contribution in [3.63, 3.8) is 0 Å². The second-order valence-electron chi connectivity index (χ2n) is 4.49. The van der Waals surface area contributed by atoms with Crippen LogP contribution in [0.1, 0.15) is 23.6 Å². The van der Waals surface area contributed by atoms with E-state index < -0.39 is 0 Å². The molecule has 2 aromatic rings. The molecule has 1 aromatic carbocycles. The Morgan fingerprint density at radius 2 is 2.06 bits per heavy atom. The van der Waals surface area contributed by atoms with Crippen molar-refractivity contribution in [2.75, 3.05) is 0 Å². The SMILES string of the molecule is Cc1[nH]nc(-c2ccccc2)c1C1C=CN=CC1. The van der Waals surface area contributed by atoms with Crippen molar-refractivity contribution in [2.24, 2.45) is 4.99 Å². The molecule has 90 valence electrons. The van der Waals surface area contributed by atoms with Gasteiger partial charge in [0.25, 0.3) is 0 Å². The summed E-state index contributed by atoms with van der Waals surface area (Å²) >= 11 is 0. The van der Waals surface area contributed by atoms with Crippen molar-refractivity contribution >= 4 is 6.21 Å². The number of hydrogen-bond donors (Lipinski definition) is 1. The minimum Gasteiger partial charge on any atom is -0.282 e. The zero-order valence-electron chi connectivity index (χ0n) is 10.3. The molecule has 2 heterocycles. The normalized spacial score (nSPS) is 18.2. The number of aryl methyl sites for hydroxylation is 1. The van der Waals surface area contributed by atoms with Gasteiger partial charge in [-0.1, -0.05) is 36.4 Å². The Morgan fingerprint density at radius 1 is 1.22 bits per heavy atom. The van der Waals surface area contributed by atoms with Gasteiger partial charge in [-0.3, -0.25) is 10.1 Å². The summed E-state index contributed by atoms with van der Waals surface area (Å²) in [5, 5.41) is 7.56. The van der Waals surface area contributed by atoms with E-state index in [4.69, 9.17) is 0 Å². The Kier molecular flexibility index (Phi) is 2.81. The van der Waals surface area contributed by atoms with Crippen LogP contribution in [0.3, 0.4) is 0 Å². The first-order valence-corrected chi connectivity index (χ1v) is 6.15. The Labute approximate surface area is 106 Å². The van der Waals surface area contributed by atoms with Crippen LogP contribution in [-0.4, -0.2) is 16.4 Å². The first kappa shape index (κ1) is 11.0. The Hall–Kier alpha value is -2.16. The molecule has 1 aliphatic heterocycles. The predicted octanol–water partition coefficient (Wildman–Crippen LogP) is 3.46. The number of aromatic amines is 1. The van der Waals surface area contributed by atoms with Crippen molar-refractivity contribution in [1.29, 1.82) is 0 Å². The Balaban J connectivity index is 2.07. The fourth-order valence-corrected chi connectivity index (χ4v) is 2.39. The number of aliphatic imine (C=N–C) groups is 1. The summed E-state index contributed by atoms with van der Waals surface area (Å²) in [5.74, 6) is 0.372. The van der Waals surface area contributed by atoms with Gasteiger partial charge in [0.15, 0.2) is 0 Å². The molecule has 3 nitrogen and oxygen atoms in total. The third kappa shape index (κ3) is 1.88. The van der Waals surface area contributed by atoms with Gasteiger partial charge in [0, 0.05) is 35.2 Å². The van der Waals surface area contributed by atoms with E-state index in [9.17, 15) is 0 Å². The third-order valence-electron chi connectivity index (χ3n) is 3.28. The molecule has 18 heavy (non-hydrogen) atoms. The summed E-state index contributed by atoms with van der Waals surface area (Å²) in [4.78, 5) is 4.13. The van der Waals surface area contributed by atoms with Crippen LogP contribution in [0.15, 0.2) is 47.6 Å². The highest BCUT2D eigenvalue weighted by Gasteiger charge is 2.19. The maximum Gasteiger partial charge on any atom is 0.0961 e. The van der Waals surface area contributed by atoms with Crippen LogP contribution in [0.4, 0.5) is 0 Å². The van der Waals surface area contributed by atoms with Crippen LogP contribution < -0.4 is 0 Å². The number of allylic oxidation sites excluding steroid dienone is 1. The van der Waals surface area contributed by atoms with Gasteiger partial charge in [-0.25, -0.2) is 0 Å². The lowest BCUT2D eigenvalue weighted by atomic mass is 9.91. The van der Waals surface area contributed by atoms with Crippen LogP contribution in [0.5, 0.6) is 0 Å². The molecule has 0 saturated carbocycles. The molecule has 0 spiro atoms. The van der Waals surface area contributed by atoms with E-state index in [1.807, 2.05) is 30.6 Å². The van der Waals surface area contributed by atoms with Gasteiger partial charge in [-0.05, 0) is 13.3 Å². The molecule has 3 heteroatoms. The van der Waals surface area contributed by atoms with Gasteiger partial charge in [0.05, 0.1) is 5.69 Å². The molecule has 0 aliphatic carbocycles. The van der Waals surface area contributed by atoms with Gasteiger partial charge in [0.2, 0.25) is 0 Å². The molecule has 0 saturated heterocycles. The number of benzene rings is 1. The lowest BCUT2D eigenvalue weighted by molar-refractivity contribution is 0.879. The van der Waals surface area contributed by atoms with E-state index in [1.165, 1.54) is 5.56 Å². The number of nitrogens with zero attached hydrogens (tertiary/aromatic N) is 2. The van der Waals surface area contributed by atoms with Crippen LogP contribution >= 0.6 is 0 Å². The van der Waals surface area contributed by atoms with Crippen LogP contribution in [-0.2, 0) is 0 Å². The number of nitrogens with one attached hydrogen (secondary N) is 1. The van der Waals surface area contributed by atoms with Crippen LogP contribution in [0.25, 0.3) is 11.3 Å². The lowest BCUT2D eigenvalue weighted by Gasteiger charge is -2.14. The summed E-state index contributed by atoms with van der Waals surface area (Å²) in [7, 11) is 0. The molecule has 0 radical (unpaired) electrons. The van der Waals surface area contributed by atoms with Crippen LogP contribution in [0, 0.1) is 6.92 Å². The number of hydrogen-bond acceptors (Lipinski definition) is 2. The van der Waals surface area contributed by atoms with E-state index >= 15 is 0 Å². The number of aromatic nitrogens is 2. The summed E-state index contributed by atoms with van der Waals surface area (Å²) in [5.41, 5.74) is 4.63. The molecule has 3 rings (SSSR count). The van der Waals surface area contributed by atoms with Gasteiger partial charge in [0.1, 0.15) is 0 Å². The third-order valence-corrected chi connectivity index (χ3v) is 3.28. The maximum absolute atomic E-state index is 4.46. The minimum atomic E-state index is 0.372. The Bertz CT molecular complexity index is 593. The highest BCUT2D eigenvalue weighted by molar-refractivity contribution is 5.68. The Morgan fingerprint density at radius 3 is 2.78 bits per heavy atom. The van der Waals surface area contributed by atoms with Gasteiger partial charge < -0.3 is 0 Å². The molecule has 0 amide bonds. The van der Waals surface area contributed by atoms with Crippen LogP contribution in [0.2, 0.25) is 0 Å². The molecular weight excluding hydrogens is 222 g/mol. The summed E-state index contributed by atoms with van der Waals surface area (Å²) in [6.07, 6.45) is 6.92. The zero-order valence-corrected chi connectivity index (χ0v) is 10.3. The van der Waals surface area contributed by atoms with Crippen molar-refractivity contribution in [3.05, 3.63) is 53.9 Å². The van der Waals surface area contributed by atoms with Gasteiger partial charge in [-0.2, -0.15) is 5.10 Å². The monoisotopic (exact) mass is 237 g/mol. The molecule has 1 atom stereocenters. The summed E-state index contributed by atoms with van der Waals surface area (Å²) in [6.45, 7) is 2.08. The number of rotatable bonds is 2. The van der Waals surface area contributed by atoms with E-state index in [0.717, 1.165) is 23.4 Å². The fourth-order valence-electron chi connectivity index (χ4n) is 2.39. The smallest absolute Gasteiger partial charge is 0.0961 e. The highest BCUT2D eigenvalue weighted by atomic mass is 15.1. The molecule has 0 bridgehead atoms. The van der Waals surface area contributed by atoms with Gasteiger partial charge >= 0.3 is 0 Å². The summed E-state index contributed by atoms with van der Waals surface area (Å²) < 4.78 is 0. The lowest BCUT2D eigenvalue weighted by Crippen LogP contribution is -2.01. The summed E-state index contributed by atoms with van der Waals surface area (Å²) in [6, 6.07) is 10.3. The first-order chi connectivity index (χ1) is 8.86. The molecule has 1 unspecified atom stereocenters. The second kappa shape index (κ2) is 4.61. The molecule has 1 aromatic heterocycles. The molecule has 1 aliphatic rings. The van der Waals surface area contributed by atoms with E-state index in [1.54, 1.807) is 0 Å². The average molecular weight is 237 g/mol. The van der Waals surface area contributed by atoms with Gasteiger partial charge in [-0.15, -0.1) is 0 Å². The zero-order chi connectivity index (χ0) is 12.4. The number of H-pyrrole nitrogens is 1.